The molecule has 104 valence electrons. The molecule has 0 spiro atoms. The Morgan fingerprint density at radius 3 is 2.75 bits per heavy atom. The van der Waals surface area contributed by atoms with Gasteiger partial charge in [0, 0.05) is 10.5 Å². The number of nitro groups is 1. The van der Waals surface area contributed by atoms with Gasteiger partial charge in [0.2, 0.25) is 5.76 Å². The van der Waals surface area contributed by atoms with Crippen molar-refractivity contribution in [3.8, 4) is 0 Å². The minimum atomic E-state index is -1.16. The summed E-state index contributed by atoms with van der Waals surface area (Å²) < 4.78 is 5.65. The Labute approximate surface area is 121 Å². The van der Waals surface area contributed by atoms with Gasteiger partial charge < -0.3 is 14.8 Å². The lowest BCUT2D eigenvalue weighted by Crippen LogP contribution is -2.02. The molecule has 0 atom stereocenters. The second kappa shape index (κ2) is 5.74. The number of carbonyl (C=O) groups is 1. The van der Waals surface area contributed by atoms with Crippen LogP contribution in [0.3, 0.4) is 0 Å². The molecule has 8 heteroatoms. The summed E-state index contributed by atoms with van der Waals surface area (Å²) in [6.45, 7) is 0.149. The Morgan fingerprint density at radius 2 is 2.15 bits per heavy atom. The van der Waals surface area contributed by atoms with Crippen molar-refractivity contribution in [1.82, 2.24) is 0 Å². The minimum Gasteiger partial charge on any atom is -0.475 e. The van der Waals surface area contributed by atoms with Crippen LogP contribution in [0.5, 0.6) is 0 Å². The fourth-order valence-corrected chi connectivity index (χ4v) is 1.92. The maximum atomic E-state index is 10.9. The third kappa shape index (κ3) is 3.15. The number of nitrogens with one attached hydrogen (secondary N) is 1. The summed E-state index contributed by atoms with van der Waals surface area (Å²) in [7, 11) is 0. The predicted molar refractivity (Wildman–Crippen MR) is 73.8 cm³/mol. The number of hydrogen-bond acceptors (Lipinski definition) is 5. The number of rotatable bonds is 5. The number of carboxylic acid groups (broad SMARTS) is 1. The van der Waals surface area contributed by atoms with E-state index in [9.17, 15) is 14.9 Å². The van der Waals surface area contributed by atoms with E-state index in [1.54, 1.807) is 12.1 Å². The molecular weight excluding hydrogens is 332 g/mol. The summed E-state index contributed by atoms with van der Waals surface area (Å²) in [5.74, 6) is -0.961. The van der Waals surface area contributed by atoms with Crippen molar-refractivity contribution in [2.75, 3.05) is 5.32 Å². The number of halogens is 1. The lowest BCUT2D eigenvalue weighted by atomic mass is 10.2. The van der Waals surface area contributed by atoms with Crippen molar-refractivity contribution in [1.29, 1.82) is 0 Å². The molecule has 0 amide bonds. The van der Waals surface area contributed by atoms with Crippen molar-refractivity contribution in [3.63, 3.8) is 0 Å². The topological polar surface area (TPSA) is 106 Å². The van der Waals surface area contributed by atoms with Crippen LogP contribution >= 0.6 is 15.9 Å². The number of furan rings is 1. The molecule has 1 aromatic carbocycles. The van der Waals surface area contributed by atoms with Gasteiger partial charge in [0.05, 0.1) is 11.5 Å². The summed E-state index contributed by atoms with van der Waals surface area (Å²) in [6, 6.07) is 7.44. The van der Waals surface area contributed by atoms with E-state index < -0.39 is 10.9 Å². The fraction of sp³-hybridized carbons (Fsp3) is 0.0833. The largest absolute Gasteiger partial charge is 0.475 e. The predicted octanol–water partition coefficient (Wildman–Crippen LogP) is 3.26. The van der Waals surface area contributed by atoms with Crippen LogP contribution in [0.1, 0.15) is 16.3 Å². The van der Waals surface area contributed by atoms with Gasteiger partial charge in [0.1, 0.15) is 11.4 Å². The fourth-order valence-electron chi connectivity index (χ4n) is 1.58. The van der Waals surface area contributed by atoms with Gasteiger partial charge in [-0.2, -0.15) is 0 Å². The highest BCUT2D eigenvalue weighted by Crippen LogP contribution is 2.28. The Morgan fingerprint density at radius 1 is 1.40 bits per heavy atom. The number of anilines is 1. The number of benzene rings is 1. The molecular formula is C12H9BrN2O5. The zero-order chi connectivity index (χ0) is 14.7. The maximum absolute atomic E-state index is 10.9. The first-order chi connectivity index (χ1) is 9.47. The normalized spacial score (nSPS) is 10.2. The van der Waals surface area contributed by atoms with Gasteiger partial charge in [-0.05, 0) is 24.3 Å². The summed E-state index contributed by atoms with van der Waals surface area (Å²) in [5, 5.41) is 22.5. The molecule has 2 aromatic rings. The minimum absolute atomic E-state index is 0.0793. The number of hydrogen-bond donors (Lipinski definition) is 2. The quantitative estimate of drug-likeness (QED) is 0.639. The van der Waals surface area contributed by atoms with Crippen LogP contribution < -0.4 is 5.32 Å². The monoisotopic (exact) mass is 340 g/mol. The van der Waals surface area contributed by atoms with Crippen LogP contribution in [0.4, 0.5) is 11.4 Å². The smallest absolute Gasteiger partial charge is 0.371 e. The average molecular weight is 341 g/mol. The standard InChI is InChI=1S/C12H9BrN2O5/c13-7-1-3-9(10(5-7)15(18)19)14-6-8-2-4-11(20-8)12(16)17/h1-5,14H,6H2,(H,16,17). The summed E-state index contributed by atoms with van der Waals surface area (Å²) in [5.41, 5.74) is 0.246. The Bertz CT molecular complexity index is 668. The van der Waals surface area contributed by atoms with E-state index in [2.05, 4.69) is 21.2 Å². The van der Waals surface area contributed by atoms with Gasteiger partial charge in [-0.25, -0.2) is 4.79 Å². The Kier molecular flexibility index (Phi) is 4.04. The van der Waals surface area contributed by atoms with Crippen LogP contribution in [0.2, 0.25) is 0 Å². The summed E-state index contributed by atoms with van der Waals surface area (Å²) in [4.78, 5) is 21.1. The number of nitro benzene ring substituents is 1. The van der Waals surface area contributed by atoms with E-state index in [4.69, 9.17) is 9.52 Å². The van der Waals surface area contributed by atoms with E-state index in [1.807, 2.05) is 0 Å². The molecule has 0 saturated heterocycles. The van der Waals surface area contributed by atoms with Gasteiger partial charge >= 0.3 is 5.97 Å². The average Bonchev–Trinajstić information content (AvgIpc) is 2.86. The van der Waals surface area contributed by atoms with Crippen molar-refractivity contribution in [3.05, 3.63) is 56.4 Å². The molecule has 0 unspecified atom stereocenters. The van der Waals surface area contributed by atoms with Gasteiger partial charge in [-0.1, -0.05) is 15.9 Å². The second-order valence-corrected chi connectivity index (χ2v) is 4.76. The molecule has 2 N–H and O–H groups in total. The first-order valence-corrected chi connectivity index (χ1v) is 6.26. The molecule has 0 aliphatic carbocycles. The van der Waals surface area contributed by atoms with Crippen LogP contribution in [0, 0.1) is 10.1 Å². The van der Waals surface area contributed by atoms with E-state index in [0.29, 0.717) is 15.9 Å². The van der Waals surface area contributed by atoms with E-state index in [1.165, 1.54) is 18.2 Å². The lowest BCUT2D eigenvalue weighted by molar-refractivity contribution is -0.384. The van der Waals surface area contributed by atoms with Crippen molar-refractivity contribution in [2.24, 2.45) is 0 Å². The third-order valence-electron chi connectivity index (χ3n) is 2.48. The molecule has 0 saturated carbocycles. The van der Waals surface area contributed by atoms with Crippen LogP contribution in [-0.2, 0) is 6.54 Å². The Hall–Kier alpha value is -2.35. The van der Waals surface area contributed by atoms with Crippen LogP contribution in [0.15, 0.2) is 39.2 Å². The molecule has 20 heavy (non-hydrogen) atoms. The molecule has 0 radical (unpaired) electrons. The first kappa shape index (κ1) is 14.1. The van der Waals surface area contributed by atoms with Gasteiger partial charge in [-0.3, -0.25) is 10.1 Å². The van der Waals surface area contributed by atoms with E-state index in [-0.39, 0.29) is 18.0 Å². The molecule has 0 aliphatic heterocycles. The van der Waals surface area contributed by atoms with Crippen molar-refractivity contribution in [2.45, 2.75) is 6.54 Å². The van der Waals surface area contributed by atoms with E-state index >= 15 is 0 Å². The number of nitrogens with zero attached hydrogens (tertiary/aromatic N) is 1. The van der Waals surface area contributed by atoms with Crippen LogP contribution in [-0.4, -0.2) is 16.0 Å². The van der Waals surface area contributed by atoms with E-state index in [0.717, 1.165) is 0 Å². The SMILES string of the molecule is O=C(O)c1ccc(CNc2ccc(Br)cc2[N+](=O)[O-])o1. The summed E-state index contributed by atoms with van der Waals surface area (Å²) in [6.07, 6.45) is 0. The van der Waals surface area contributed by atoms with Gasteiger partial charge in [-0.15, -0.1) is 0 Å². The number of aromatic carboxylic acids is 1. The second-order valence-electron chi connectivity index (χ2n) is 3.84. The Balaban J connectivity index is 2.14. The zero-order valence-corrected chi connectivity index (χ0v) is 11.6. The number of carboxylic acids is 1. The molecule has 1 heterocycles. The molecule has 7 nitrogen and oxygen atoms in total. The van der Waals surface area contributed by atoms with Crippen molar-refractivity contribution >= 4 is 33.3 Å². The van der Waals surface area contributed by atoms with Crippen LogP contribution in [0.25, 0.3) is 0 Å². The van der Waals surface area contributed by atoms with Crippen molar-refractivity contribution < 1.29 is 19.2 Å². The lowest BCUT2D eigenvalue weighted by Gasteiger charge is -2.05. The summed E-state index contributed by atoms with van der Waals surface area (Å²) >= 11 is 3.16. The molecule has 0 fully saturated rings. The van der Waals surface area contributed by atoms with Gasteiger partial charge in [0.25, 0.3) is 5.69 Å². The zero-order valence-electron chi connectivity index (χ0n) is 10.00. The first-order valence-electron chi connectivity index (χ1n) is 5.47. The highest BCUT2D eigenvalue weighted by molar-refractivity contribution is 9.10. The third-order valence-corrected chi connectivity index (χ3v) is 2.98. The van der Waals surface area contributed by atoms with Gasteiger partial charge in [0.15, 0.2) is 0 Å². The maximum Gasteiger partial charge on any atom is 0.371 e. The highest BCUT2D eigenvalue weighted by Gasteiger charge is 2.15. The molecule has 0 bridgehead atoms. The molecule has 0 aliphatic rings. The molecule has 2 rings (SSSR count). The highest BCUT2D eigenvalue weighted by atomic mass is 79.9. The molecule has 1 aromatic heterocycles.